The molecule has 82 valence electrons. The number of carbonyl (C=O) groups excluding carboxylic acids is 1. The SMILES string of the molecule is CC(C)C[C@H](O)C(=O)Nc1ccccc1. The number of benzene rings is 1. The van der Waals surface area contributed by atoms with Crippen molar-refractivity contribution in [3.8, 4) is 0 Å². The summed E-state index contributed by atoms with van der Waals surface area (Å²) >= 11 is 0. The van der Waals surface area contributed by atoms with Crippen LogP contribution in [-0.2, 0) is 4.79 Å². The molecule has 0 bridgehead atoms. The van der Waals surface area contributed by atoms with Crippen molar-refractivity contribution < 1.29 is 9.90 Å². The predicted molar refractivity (Wildman–Crippen MR) is 60.5 cm³/mol. The molecule has 2 N–H and O–H groups in total. The fourth-order valence-corrected chi connectivity index (χ4v) is 1.30. The topological polar surface area (TPSA) is 49.3 Å². The maximum Gasteiger partial charge on any atom is 0.253 e. The average molecular weight is 207 g/mol. The van der Waals surface area contributed by atoms with E-state index in [0.29, 0.717) is 18.0 Å². The molecular formula is C12H17NO2. The van der Waals surface area contributed by atoms with Gasteiger partial charge in [0.25, 0.3) is 5.91 Å². The third kappa shape index (κ3) is 4.13. The van der Waals surface area contributed by atoms with E-state index >= 15 is 0 Å². The number of carbonyl (C=O) groups is 1. The van der Waals surface area contributed by atoms with Gasteiger partial charge in [0, 0.05) is 5.69 Å². The molecule has 15 heavy (non-hydrogen) atoms. The molecule has 0 saturated heterocycles. The number of anilines is 1. The summed E-state index contributed by atoms with van der Waals surface area (Å²) in [5.74, 6) is -0.0311. The molecule has 1 amide bonds. The maximum absolute atomic E-state index is 11.5. The second-order valence-corrected chi connectivity index (χ2v) is 4.00. The Morgan fingerprint density at radius 3 is 2.47 bits per heavy atom. The van der Waals surface area contributed by atoms with Crippen molar-refractivity contribution in [2.45, 2.75) is 26.4 Å². The highest BCUT2D eigenvalue weighted by atomic mass is 16.3. The minimum Gasteiger partial charge on any atom is -0.383 e. The lowest BCUT2D eigenvalue weighted by molar-refractivity contribution is -0.124. The van der Waals surface area contributed by atoms with Gasteiger partial charge in [-0.15, -0.1) is 0 Å². The standard InChI is InChI=1S/C12H17NO2/c1-9(2)8-11(14)12(15)13-10-6-4-3-5-7-10/h3-7,9,11,14H,8H2,1-2H3,(H,13,15)/t11-/m0/s1. The lowest BCUT2D eigenvalue weighted by atomic mass is 10.1. The molecule has 0 aliphatic carbocycles. The molecule has 3 heteroatoms. The summed E-state index contributed by atoms with van der Waals surface area (Å²) in [6.45, 7) is 3.94. The van der Waals surface area contributed by atoms with Crippen molar-refractivity contribution in [1.82, 2.24) is 0 Å². The summed E-state index contributed by atoms with van der Waals surface area (Å²) in [7, 11) is 0. The van der Waals surface area contributed by atoms with Gasteiger partial charge >= 0.3 is 0 Å². The van der Waals surface area contributed by atoms with E-state index in [9.17, 15) is 9.90 Å². The van der Waals surface area contributed by atoms with Gasteiger partial charge in [-0.2, -0.15) is 0 Å². The van der Waals surface area contributed by atoms with E-state index in [4.69, 9.17) is 0 Å². The van der Waals surface area contributed by atoms with E-state index in [1.165, 1.54) is 0 Å². The van der Waals surface area contributed by atoms with Crippen LogP contribution in [0, 0.1) is 5.92 Å². The van der Waals surface area contributed by atoms with E-state index in [1.807, 2.05) is 32.0 Å². The highest BCUT2D eigenvalue weighted by Crippen LogP contribution is 2.09. The van der Waals surface area contributed by atoms with Crippen LogP contribution in [0.3, 0.4) is 0 Å². The molecule has 3 nitrogen and oxygen atoms in total. The fraction of sp³-hybridized carbons (Fsp3) is 0.417. The van der Waals surface area contributed by atoms with Gasteiger partial charge in [-0.25, -0.2) is 0 Å². The number of hydrogen-bond donors (Lipinski definition) is 2. The summed E-state index contributed by atoms with van der Waals surface area (Å²) in [4.78, 5) is 11.5. The average Bonchev–Trinajstić information content (AvgIpc) is 2.18. The minimum absolute atomic E-state index is 0.307. The first-order valence-corrected chi connectivity index (χ1v) is 5.13. The summed E-state index contributed by atoms with van der Waals surface area (Å²) in [6.07, 6.45) is -0.441. The second-order valence-electron chi connectivity index (χ2n) is 4.00. The minimum atomic E-state index is -0.926. The van der Waals surface area contributed by atoms with Crippen LogP contribution in [0.5, 0.6) is 0 Å². The van der Waals surface area contributed by atoms with Gasteiger partial charge in [-0.05, 0) is 24.5 Å². The largest absolute Gasteiger partial charge is 0.383 e. The van der Waals surface area contributed by atoms with Crippen LogP contribution in [-0.4, -0.2) is 17.1 Å². The van der Waals surface area contributed by atoms with Crippen molar-refractivity contribution in [3.05, 3.63) is 30.3 Å². The zero-order valence-corrected chi connectivity index (χ0v) is 9.10. The Morgan fingerprint density at radius 1 is 1.33 bits per heavy atom. The molecule has 1 rings (SSSR count). The van der Waals surface area contributed by atoms with Gasteiger partial charge < -0.3 is 10.4 Å². The van der Waals surface area contributed by atoms with Crippen molar-refractivity contribution in [2.75, 3.05) is 5.32 Å². The summed E-state index contributed by atoms with van der Waals surface area (Å²) < 4.78 is 0. The molecule has 0 unspecified atom stereocenters. The summed E-state index contributed by atoms with van der Waals surface area (Å²) in [5.41, 5.74) is 0.713. The Bertz CT molecular complexity index is 309. The van der Waals surface area contributed by atoms with Gasteiger partial charge in [0.2, 0.25) is 0 Å². The molecule has 1 atom stereocenters. The third-order valence-corrected chi connectivity index (χ3v) is 2.04. The van der Waals surface area contributed by atoms with Gasteiger partial charge in [0.15, 0.2) is 0 Å². The van der Waals surface area contributed by atoms with E-state index in [2.05, 4.69) is 5.32 Å². The molecule has 0 radical (unpaired) electrons. The van der Waals surface area contributed by atoms with Crippen molar-refractivity contribution in [3.63, 3.8) is 0 Å². The predicted octanol–water partition coefficient (Wildman–Crippen LogP) is 2.03. The number of aliphatic hydroxyl groups is 1. The molecule has 1 aromatic rings. The van der Waals surface area contributed by atoms with Crippen LogP contribution in [0.2, 0.25) is 0 Å². The Kier molecular flexibility index (Phi) is 4.31. The summed E-state index contributed by atoms with van der Waals surface area (Å²) in [5, 5.41) is 12.2. The van der Waals surface area contributed by atoms with Gasteiger partial charge in [0.05, 0.1) is 0 Å². The Labute approximate surface area is 90.1 Å². The maximum atomic E-state index is 11.5. The van der Waals surface area contributed by atoms with Crippen LogP contribution in [0.4, 0.5) is 5.69 Å². The van der Waals surface area contributed by atoms with Crippen LogP contribution in [0.25, 0.3) is 0 Å². The molecule has 0 spiro atoms. The van der Waals surface area contributed by atoms with Crippen LogP contribution in [0.1, 0.15) is 20.3 Å². The molecule has 1 aromatic carbocycles. The van der Waals surface area contributed by atoms with Crippen molar-refractivity contribution in [1.29, 1.82) is 0 Å². The quantitative estimate of drug-likeness (QED) is 0.793. The molecule has 0 aliphatic rings. The van der Waals surface area contributed by atoms with Crippen LogP contribution >= 0.6 is 0 Å². The van der Waals surface area contributed by atoms with E-state index in [-0.39, 0.29) is 5.91 Å². The molecule has 0 aromatic heterocycles. The highest BCUT2D eigenvalue weighted by molar-refractivity contribution is 5.93. The monoisotopic (exact) mass is 207 g/mol. The lowest BCUT2D eigenvalue weighted by Crippen LogP contribution is -2.28. The molecule has 0 saturated carbocycles. The van der Waals surface area contributed by atoms with Gasteiger partial charge in [-0.1, -0.05) is 32.0 Å². The lowest BCUT2D eigenvalue weighted by Gasteiger charge is -2.12. The second kappa shape index (κ2) is 5.51. The van der Waals surface area contributed by atoms with Crippen molar-refractivity contribution in [2.24, 2.45) is 5.92 Å². The van der Waals surface area contributed by atoms with Crippen LogP contribution < -0.4 is 5.32 Å². The molecule has 0 fully saturated rings. The van der Waals surface area contributed by atoms with E-state index < -0.39 is 6.10 Å². The number of rotatable bonds is 4. The molecule has 0 aliphatic heterocycles. The Hall–Kier alpha value is -1.35. The number of nitrogens with one attached hydrogen (secondary N) is 1. The Balaban J connectivity index is 2.49. The number of aliphatic hydroxyl groups excluding tert-OH is 1. The first-order chi connectivity index (χ1) is 7.09. The highest BCUT2D eigenvalue weighted by Gasteiger charge is 2.15. The Morgan fingerprint density at radius 2 is 1.93 bits per heavy atom. The molecule has 0 heterocycles. The first-order valence-electron chi connectivity index (χ1n) is 5.13. The summed E-state index contributed by atoms with van der Waals surface area (Å²) in [6, 6.07) is 9.13. The zero-order valence-electron chi connectivity index (χ0n) is 9.10. The number of hydrogen-bond acceptors (Lipinski definition) is 2. The van der Waals surface area contributed by atoms with Crippen molar-refractivity contribution >= 4 is 11.6 Å². The van der Waals surface area contributed by atoms with Gasteiger partial charge in [-0.3, -0.25) is 4.79 Å². The van der Waals surface area contributed by atoms with E-state index in [1.54, 1.807) is 12.1 Å². The number of para-hydroxylation sites is 1. The first kappa shape index (κ1) is 11.7. The number of amides is 1. The normalized spacial score (nSPS) is 12.5. The van der Waals surface area contributed by atoms with Crippen LogP contribution in [0.15, 0.2) is 30.3 Å². The molecular weight excluding hydrogens is 190 g/mol. The third-order valence-electron chi connectivity index (χ3n) is 2.04. The van der Waals surface area contributed by atoms with Gasteiger partial charge in [0.1, 0.15) is 6.10 Å². The zero-order chi connectivity index (χ0) is 11.3. The smallest absolute Gasteiger partial charge is 0.253 e. The fourth-order valence-electron chi connectivity index (χ4n) is 1.30. The van der Waals surface area contributed by atoms with E-state index in [0.717, 1.165) is 0 Å².